The van der Waals surface area contributed by atoms with E-state index in [9.17, 15) is 4.79 Å². The fourth-order valence-electron chi connectivity index (χ4n) is 3.88. The summed E-state index contributed by atoms with van der Waals surface area (Å²) in [6, 6.07) is 17.9. The van der Waals surface area contributed by atoms with Crippen LogP contribution in [0, 0.1) is 0 Å². The van der Waals surface area contributed by atoms with Gasteiger partial charge in [-0.3, -0.25) is 4.79 Å². The molecule has 1 fully saturated rings. The normalized spacial score (nSPS) is 15.9. The molecule has 0 radical (unpaired) electrons. The van der Waals surface area contributed by atoms with Crippen molar-refractivity contribution in [1.29, 1.82) is 0 Å². The third-order valence-electron chi connectivity index (χ3n) is 5.56. The maximum Gasteiger partial charge on any atom is 0.171 e. The smallest absolute Gasteiger partial charge is 0.171 e. The number of piperidine rings is 1. The van der Waals surface area contributed by atoms with Gasteiger partial charge in [0, 0.05) is 12.1 Å². The highest BCUT2D eigenvalue weighted by molar-refractivity contribution is 6.01. The first-order valence-corrected chi connectivity index (χ1v) is 10.8. The quantitative estimate of drug-likeness (QED) is 0.391. The molecule has 1 aliphatic rings. The number of benzene rings is 2. The Morgan fingerprint density at radius 2 is 1.68 bits per heavy atom. The lowest BCUT2D eigenvalue weighted by Crippen LogP contribution is -2.35. The summed E-state index contributed by atoms with van der Waals surface area (Å²) in [5.41, 5.74) is 1.88. The van der Waals surface area contributed by atoms with Gasteiger partial charge in [0.2, 0.25) is 0 Å². The van der Waals surface area contributed by atoms with Gasteiger partial charge in [-0.2, -0.15) is 0 Å². The molecule has 3 nitrogen and oxygen atoms in total. The summed E-state index contributed by atoms with van der Waals surface area (Å²) in [5, 5.41) is 0. The number of hydrogen-bond acceptors (Lipinski definition) is 3. The molecular weight excluding hydrogens is 346 g/mol. The minimum absolute atomic E-state index is 0.115. The minimum Gasteiger partial charge on any atom is -0.494 e. The van der Waals surface area contributed by atoms with Gasteiger partial charge < -0.3 is 9.64 Å². The molecule has 0 aromatic heterocycles. The summed E-state index contributed by atoms with van der Waals surface area (Å²) in [5.74, 6) is 0.935. The fourth-order valence-corrected chi connectivity index (χ4v) is 3.88. The maximum atomic E-state index is 13.4. The van der Waals surface area contributed by atoms with Gasteiger partial charge in [-0.15, -0.1) is 0 Å². The molecule has 150 valence electrons. The van der Waals surface area contributed by atoms with Crippen LogP contribution in [0.15, 0.2) is 54.6 Å². The molecule has 1 atom stereocenters. The molecule has 1 aliphatic heterocycles. The summed E-state index contributed by atoms with van der Waals surface area (Å²) >= 11 is 0. The SMILES string of the molecule is CCCCCOc1ccc(C(=O)[C@H](CN2CCCCC2)c2ccccc2)cc1. The van der Waals surface area contributed by atoms with Crippen LogP contribution in [0.4, 0.5) is 0 Å². The van der Waals surface area contributed by atoms with Gasteiger partial charge in [0.15, 0.2) is 5.78 Å². The standard InChI is InChI=1S/C25H33NO2/c1-2-3-10-19-28-23-15-13-22(14-16-23)25(27)24(21-11-6-4-7-12-21)20-26-17-8-5-9-18-26/h4,6-7,11-16,24H,2-3,5,8-10,17-20H2,1H3/t24-/m1/s1. The first-order valence-electron chi connectivity index (χ1n) is 10.8. The number of carbonyl (C=O) groups is 1. The molecule has 3 rings (SSSR count). The number of nitrogens with zero attached hydrogens (tertiary/aromatic N) is 1. The number of Topliss-reactive ketones (excluding diaryl/α,β-unsaturated/α-hetero) is 1. The van der Waals surface area contributed by atoms with Crippen molar-refractivity contribution in [2.75, 3.05) is 26.2 Å². The number of unbranched alkanes of at least 4 members (excludes halogenated alkanes) is 2. The van der Waals surface area contributed by atoms with Crippen LogP contribution in [0.25, 0.3) is 0 Å². The van der Waals surface area contributed by atoms with Crippen molar-refractivity contribution in [2.24, 2.45) is 0 Å². The van der Waals surface area contributed by atoms with Gasteiger partial charge in [-0.1, -0.05) is 56.5 Å². The largest absolute Gasteiger partial charge is 0.494 e. The second-order valence-corrected chi connectivity index (χ2v) is 7.77. The lowest BCUT2D eigenvalue weighted by Gasteiger charge is -2.30. The molecule has 0 amide bonds. The van der Waals surface area contributed by atoms with Crippen molar-refractivity contribution >= 4 is 5.78 Å². The van der Waals surface area contributed by atoms with Crippen LogP contribution in [-0.2, 0) is 0 Å². The molecule has 1 saturated heterocycles. The van der Waals surface area contributed by atoms with Gasteiger partial charge in [0.05, 0.1) is 12.5 Å². The van der Waals surface area contributed by atoms with Crippen LogP contribution in [0.3, 0.4) is 0 Å². The molecule has 2 aromatic carbocycles. The zero-order chi connectivity index (χ0) is 19.6. The Balaban J connectivity index is 1.69. The molecule has 28 heavy (non-hydrogen) atoms. The molecule has 0 spiro atoms. The Hall–Kier alpha value is -2.13. The van der Waals surface area contributed by atoms with Gasteiger partial charge >= 0.3 is 0 Å². The first kappa shape index (κ1) is 20.6. The third kappa shape index (κ3) is 5.93. The van der Waals surface area contributed by atoms with E-state index in [1.165, 1.54) is 32.1 Å². The second kappa shape index (κ2) is 11.0. The monoisotopic (exact) mass is 379 g/mol. The van der Waals surface area contributed by atoms with Crippen molar-refractivity contribution in [3.8, 4) is 5.75 Å². The number of ketones is 1. The summed E-state index contributed by atoms with van der Waals surface area (Å²) in [4.78, 5) is 15.8. The molecule has 1 heterocycles. The Kier molecular flexibility index (Phi) is 8.10. The predicted octanol–water partition coefficient (Wildman–Crippen LogP) is 5.71. The zero-order valence-corrected chi connectivity index (χ0v) is 17.1. The van der Waals surface area contributed by atoms with E-state index in [2.05, 4.69) is 24.0 Å². The van der Waals surface area contributed by atoms with Crippen molar-refractivity contribution in [3.63, 3.8) is 0 Å². The maximum absolute atomic E-state index is 13.4. The van der Waals surface area contributed by atoms with E-state index in [0.29, 0.717) is 0 Å². The topological polar surface area (TPSA) is 29.5 Å². The highest BCUT2D eigenvalue weighted by atomic mass is 16.5. The molecular formula is C25H33NO2. The molecule has 0 unspecified atom stereocenters. The Morgan fingerprint density at radius 3 is 2.36 bits per heavy atom. The van der Waals surface area contributed by atoms with Crippen molar-refractivity contribution in [2.45, 2.75) is 51.4 Å². The summed E-state index contributed by atoms with van der Waals surface area (Å²) < 4.78 is 5.79. The Bertz CT molecular complexity index is 705. The van der Waals surface area contributed by atoms with Crippen LogP contribution in [0.1, 0.15) is 67.3 Å². The van der Waals surface area contributed by atoms with E-state index in [1.807, 2.05) is 42.5 Å². The third-order valence-corrected chi connectivity index (χ3v) is 5.56. The van der Waals surface area contributed by atoms with Crippen molar-refractivity contribution in [3.05, 3.63) is 65.7 Å². The van der Waals surface area contributed by atoms with Gasteiger partial charge in [0.25, 0.3) is 0 Å². The van der Waals surface area contributed by atoms with Crippen molar-refractivity contribution < 1.29 is 9.53 Å². The number of ether oxygens (including phenoxy) is 1. The van der Waals surface area contributed by atoms with Gasteiger partial charge in [0.1, 0.15) is 5.75 Å². The molecule has 0 bridgehead atoms. The van der Waals surface area contributed by atoms with Crippen LogP contribution < -0.4 is 4.74 Å². The molecule has 2 aromatic rings. The van der Waals surface area contributed by atoms with E-state index >= 15 is 0 Å². The zero-order valence-electron chi connectivity index (χ0n) is 17.1. The fraction of sp³-hybridized carbons (Fsp3) is 0.480. The summed E-state index contributed by atoms with van der Waals surface area (Å²) in [6.45, 7) is 5.93. The molecule has 0 N–H and O–H groups in total. The predicted molar refractivity (Wildman–Crippen MR) is 115 cm³/mol. The average molecular weight is 380 g/mol. The van der Waals surface area contributed by atoms with E-state index in [4.69, 9.17) is 4.74 Å². The van der Waals surface area contributed by atoms with E-state index in [0.717, 1.165) is 49.5 Å². The van der Waals surface area contributed by atoms with Crippen LogP contribution in [0.5, 0.6) is 5.75 Å². The second-order valence-electron chi connectivity index (χ2n) is 7.77. The highest BCUT2D eigenvalue weighted by Gasteiger charge is 2.25. The lowest BCUT2D eigenvalue weighted by molar-refractivity contribution is 0.0925. The van der Waals surface area contributed by atoms with E-state index < -0.39 is 0 Å². The Morgan fingerprint density at radius 1 is 0.964 bits per heavy atom. The minimum atomic E-state index is -0.115. The number of likely N-dealkylation sites (tertiary alicyclic amines) is 1. The first-order chi connectivity index (χ1) is 13.8. The molecule has 3 heteroatoms. The van der Waals surface area contributed by atoms with E-state index in [1.54, 1.807) is 0 Å². The molecule has 0 aliphatic carbocycles. The van der Waals surface area contributed by atoms with Crippen LogP contribution in [-0.4, -0.2) is 36.9 Å². The van der Waals surface area contributed by atoms with Crippen molar-refractivity contribution in [1.82, 2.24) is 4.90 Å². The van der Waals surface area contributed by atoms with E-state index in [-0.39, 0.29) is 11.7 Å². The van der Waals surface area contributed by atoms with Crippen LogP contribution in [0.2, 0.25) is 0 Å². The Labute approximate surface area is 169 Å². The number of hydrogen-bond donors (Lipinski definition) is 0. The highest BCUT2D eigenvalue weighted by Crippen LogP contribution is 2.25. The summed E-state index contributed by atoms with van der Waals surface area (Å²) in [7, 11) is 0. The summed E-state index contributed by atoms with van der Waals surface area (Å²) in [6.07, 6.45) is 7.23. The van der Waals surface area contributed by atoms with Crippen LogP contribution >= 0.6 is 0 Å². The van der Waals surface area contributed by atoms with Gasteiger partial charge in [-0.05, 0) is 62.2 Å². The number of carbonyl (C=O) groups excluding carboxylic acids is 1. The lowest BCUT2D eigenvalue weighted by atomic mass is 9.89. The average Bonchev–Trinajstić information content (AvgIpc) is 2.76. The number of rotatable bonds is 10. The molecule has 0 saturated carbocycles. The van der Waals surface area contributed by atoms with Gasteiger partial charge in [-0.25, -0.2) is 0 Å².